The predicted octanol–water partition coefficient (Wildman–Crippen LogP) is 2.65. The fourth-order valence-corrected chi connectivity index (χ4v) is 3.79. The molecule has 0 spiro atoms. The first-order valence-corrected chi connectivity index (χ1v) is 7.81. The summed E-state index contributed by atoms with van der Waals surface area (Å²) in [5.74, 6) is 2.74. The van der Waals surface area contributed by atoms with E-state index in [9.17, 15) is 0 Å². The number of likely N-dealkylation sites (tertiary alicyclic amines) is 1. The van der Waals surface area contributed by atoms with Crippen molar-refractivity contribution in [3.05, 3.63) is 60.3 Å². The van der Waals surface area contributed by atoms with Gasteiger partial charge in [0.1, 0.15) is 5.82 Å². The summed E-state index contributed by atoms with van der Waals surface area (Å²) in [6, 6.07) is 17.0. The number of rotatable bonds is 3. The Morgan fingerprint density at radius 1 is 0.857 bits per heavy atom. The first kappa shape index (κ1) is 12.8. The second-order valence-corrected chi connectivity index (χ2v) is 6.29. The Balaban J connectivity index is 1.37. The second kappa shape index (κ2) is 5.49. The number of benzene rings is 1. The van der Waals surface area contributed by atoms with Crippen molar-refractivity contribution in [2.75, 3.05) is 31.1 Å². The van der Waals surface area contributed by atoms with E-state index in [1.165, 1.54) is 18.7 Å². The molecule has 2 aliphatic rings. The topological polar surface area (TPSA) is 19.4 Å². The lowest BCUT2D eigenvalue weighted by molar-refractivity contribution is 0.309. The van der Waals surface area contributed by atoms with Crippen molar-refractivity contribution in [3.8, 4) is 0 Å². The Bertz CT molecular complexity index is 570. The van der Waals surface area contributed by atoms with Crippen LogP contribution in [0.3, 0.4) is 0 Å². The smallest absolute Gasteiger partial charge is 0.128 e. The lowest BCUT2D eigenvalue weighted by Crippen LogP contribution is -2.28. The van der Waals surface area contributed by atoms with Crippen molar-refractivity contribution in [1.29, 1.82) is 0 Å². The van der Waals surface area contributed by atoms with Crippen LogP contribution >= 0.6 is 0 Å². The van der Waals surface area contributed by atoms with Gasteiger partial charge in [0.15, 0.2) is 0 Å². The fourth-order valence-electron chi connectivity index (χ4n) is 3.79. The summed E-state index contributed by atoms with van der Waals surface area (Å²) >= 11 is 0. The van der Waals surface area contributed by atoms with Crippen LogP contribution in [0.25, 0.3) is 0 Å². The molecule has 3 nitrogen and oxygen atoms in total. The van der Waals surface area contributed by atoms with Gasteiger partial charge in [-0.25, -0.2) is 4.98 Å². The molecule has 0 radical (unpaired) electrons. The van der Waals surface area contributed by atoms with Gasteiger partial charge in [-0.15, -0.1) is 0 Å². The average Bonchev–Trinajstić information content (AvgIpc) is 3.07. The summed E-state index contributed by atoms with van der Waals surface area (Å²) < 4.78 is 0. The number of hydrogen-bond acceptors (Lipinski definition) is 3. The van der Waals surface area contributed by atoms with Crippen LogP contribution in [-0.2, 0) is 6.54 Å². The number of pyridine rings is 1. The van der Waals surface area contributed by atoms with Crippen LogP contribution in [0, 0.1) is 11.8 Å². The van der Waals surface area contributed by atoms with Crippen LogP contribution in [-0.4, -0.2) is 36.1 Å². The molecule has 0 bridgehead atoms. The van der Waals surface area contributed by atoms with Gasteiger partial charge in [0.2, 0.25) is 0 Å². The third-order valence-corrected chi connectivity index (χ3v) is 4.78. The van der Waals surface area contributed by atoms with Crippen molar-refractivity contribution in [3.63, 3.8) is 0 Å². The lowest BCUT2D eigenvalue weighted by Gasteiger charge is -2.22. The van der Waals surface area contributed by atoms with Gasteiger partial charge in [0.25, 0.3) is 0 Å². The first-order valence-electron chi connectivity index (χ1n) is 7.81. The SMILES string of the molecule is c1ccc(CN2C[C@@H]3CN(c4ccccn4)C[C@H]3C2)cc1. The zero-order valence-electron chi connectivity index (χ0n) is 12.2. The largest absolute Gasteiger partial charge is 0.356 e. The minimum atomic E-state index is 0.802. The van der Waals surface area contributed by atoms with Gasteiger partial charge >= 0.3 is 0 Å². The quantitative estimate of drug-likeness (QED) is 0.861. The number of aromatic nitrogens is 1. The molecule has 1 aromatic heterocycles. The van der Waals surface area contributed by atoms with Gasteiger partial charge in [-0.3, -0.25) is 4.90 Å². The average molecular weight is 279 g/mol. The molecule has 2 aliphatic heterocycles. The van der Waals surface area contributed by atoms with Gasteiger partial charge in [-0.2, -0.15) is 0 Å². The molecule has 2 atom stereocenters. The number of anilines is 1. The fraction of sp³-hybridized carbons (Fsp3) is 0.389. The highest BCUT2D eigenvalue weighted by Gasteiger charge is 2.40. The van der Waals surface area contributed by atoms with Crippen molar-refractivity contribution < 1.29 is 0 Å². The molecular formula is C18H21N3. The molecule has 0 aliphatic carbocycles. The van der Waals surface area contributed by atoms with E-state index in [1.807, 2.05) is 12.3 Å². The third-order valence-electron chi connectivity index (χ3n) is 4.78. The summed E-state index contributed by atoms with van der Waals surface area (Å²) in [4.78, 5) is 9.55. The minimum Gasteiger partial charge on any atom is -0.356 e. The van der Waals surface area contributed by atoms with Crippen molar-refractivity contribution in [2.45, 2.75) is 6.54 Å². The zero-order valence-corrected chi connectivity index (χ0v) is 12.2. The van der Waals surface area contributed by atoms with Crippen molar-refractivity contribution in [2.24, 2.45) is 11.8 Å². The van der Waals surface area contributed by atoms with Crippen LogP contribution in [0.2, 0.25) is 0 Å². The molecular weight excluding hydrogens is 258 g/mol. The second-order valence-electron chi connectivity index (χ2n) is 6.29. The van der Waals surface area contributed by atoms with Crippen LogP contribution in [0.15, 0.2) is 54.7 Å². The van der Waals surface area contributed by atoms with E-state index < -0.39 is 0 Å². The van der Waals surface area contributed by atoms with Crippen LogP contribution < -0.4 is 4.90 Å². The van der Waals surface area contributed by atoms with Crippen molar-refractivity contribution >= 4 is 5.82 Å². The highest BCUT2D eigenvalue weighted by atomic mass is 15.3. The summed E-state index contributed by atoms with van der Waals surface area (Å²) in [5.41, 5.74) is 1.43. The maximum absolute atomic E-state index is 4.49. The summed E-state index contributed by atoms with van der Waals surface area (Å²) in [6.07, 6.45) is 1.89. The van der Waals surface area contributed by atoms with E-state index in [4.69, 9.17) is 0 Å². The molecule has 0 N–H and O–H groups in total. The maximum atomic E-state index is 4.49. The monoisotopic (exact) mass is 279 g/mol. The first-order chi connectivity index (χ1) is 10.4. The number of fused-ring (bicyclic) bond motifs is 1. The van der Waals surface area contributed by atoms with E-state index in [1.54, 1.807) is 0 Å². The predicted molar refractivity (Wildman–Crippen MR) is 85.1 cm³/mol. The molecule has 21 heavy (non-hydrogen) atoms. The normalized spacial score (nSPS) is 25.2. The van der Waals surface area contributed by atoms with Gasteiger partial charge in [0.05, 0.1) is 0 Å². The van der Waals surface area contributed by atoms with E-state index in [0.717, 1.165) is 37.3 Å². The molecule has 2 fully saturated rings. The molecule has 2 aromatic rings. The summed E-state index contributed by atoms with van der Waals surface area (Å²) in [7, 11) is 0. The highest BCUT2D eigenvalue weighted by molar-refractivity contribution is 5.39. The van der Waals surface area contributed by atoms with Crippen LogP contribution in [0.1, 0.15) is 5.56 Å². The Labute approximate surface area is 126 Å². The van der Waals surface area contributed by atoms with Gasteiger partial charge in [-0.1, -0.05) is 36.4 Å². The molecule has 2 saturated heterocycles. The van der Waals surface area contributed by atoms with Gasteiger partial charge in [-0.05, 0) is 29.5 Å². The van der Waals surface area contributed by atoms with E-state index >= 15 is 0 Å². The standard InChI is InChI=1S/C18H21N3/c1-2-6-15(7-3-1)10-20-11-16-13-21(14-17(16)12-20)18-8-4-5-9-19-18/h1-9,16-17H,10-14H2/t16-,17-/m1/s1. The summed E-state index contributed by atoms with van der Waals surface area (Å²) in [5, 5.41) is 0. The van der Waals surface area contributed by atoms with E-state index in [-0.39, 0.29) is 0 Å². The summed E-state index contributed by atoms with van der Waals surface area (Å²) in [6.45, 7) is 5.86. The lowest BCUT2D eigenvalue weighted by atomic mass is 10.0. The van der Waals surface area contributed by atoms with E-state index in [0.29, 0.717) is 0 Å². The number of nitrogens with zero attached hydrogens (tertiary/aromatic N) is 3. The van der Waals surface area contributed by atoms with Crippen LogP contribution in [0.5, 0.6) is 0 Å². The molecule has 3 heteroatoms. The molecule has 108 valence electrons. The van der Waals surface area contributed by atoms with Gasteiger partial charge < -0.3 is 4.90 Å². The molecule has 1 aromatic carbocycles. The highest BCUT2D eigenvalue weighted by Crippen LogP contribution is 2.33. The zero-order chi connectivity index (χ0) is 14.1. The minimum absolute atomic E-state index is 0.802. The van der Waals surface area contributed by atoms with Gasteiger partial charge in [0, 0.05) is 38.9 Å². The Kier molecular flexibility index (Phi) is 3.36. The molecule has 0 unspecified atom stereocenters. The molecule has 3 heterocycles. The Morgan fingerprint density at radius 2 is 1.57 bits per heavy atom. The maximum Gasteiger partial charge on any atom is 0.128 e. The third kappa shape index (κ3) is 2.66. The van der Waals surface area contributed by atoms with Crippen molar-refractivity contribution in [1.82, 2.24) is 9.88 Å². The Morgan fingerprint density at radius 3 is 2.24 bits per heavy atom. The van der Waals surface area contributed by atoms with Crippen LogP contribution in [0.4, 0.5) is 5.82 Å². The van der Waals surface area contributed by atoms with E-state index in [2.05, 4.69) is 57.2 Å². The molecule has 0 amide bonds. The molecule has 0 saturated carbocycles. The molecule has 4 rings (SSSR count). The Hall–Kier alpha value is -1.87. The number of hydrogen-bond donors (Lipinski definition) is 0.